The minimum atomic E-state index is -0.349. The molecule has 0 saturated heterocycles. The van der Waals surface area contributed by atoms with Crippen LogP contribution in [0, 0.1) is 12.7 Å². The SMILES string of the molecule is Cc1c(N)cccc1C(=O)NCc1cc(Br)ccc1F. The summed E-state index contributed by atoms with van der Waals surface area (Å²) in [4.78, 5) is 12.1. The van der Waals surface area contributed by atoms with Crippen molar-refractivity contribution in [2.75, 3.05) is 5.73 Å². The standard InChI is InChI=1S/C15H14BrFN2O/c1-9-12(3-2-4-14(9)18)15(20)19-8-10-7-11(16)5-6-13(10)17/h2-7H,8,18H2,1H3,(H,19,20). The molecule has 2 aromatic rings. The van der Waals surface area contributed by atoms with E-state index in [1.165, 1.54) is 6.07 Å². The molecule has 0 aliphatic carbocycles. The van der Waals surface area contributed by atoms with Gasteiger partial charge < -0.3 is 11.1 Å². The fraction of sp³-hybridized carbons (Fsp3) is 0.133. The van der Waals surface area contributed by atoms with Gasteiger partial charge in [0, 0.05) is 27.8 Å². The van der Waals surface area contributed by atoms with Crippen molar-refractivity contribution in [2.45, 2.75) is 13.5 Å². The third kappa shape index (κ3) is 3.17. The Morgan fingerprint density at radius 2 is 2.10 bits per heavy atom. The second-order valence-corrected chi connectivity index (χ2v) is 5.35. The van der Waals surface area contributed by atoms with Crippen LogP contribution < -0.4 is 11.1 Å². The van der Waals surface area contributed by atoms with Gasteiger partial charge in [-0.3, -0.25) is 4.79 Å². The molecular weight excluding hydrogens is 323 g/mol. The topological polar surface area (TPSA) is 55.1 Å². The Hall–Kier alpha value is -1.88. The number of benzene rings is 2. The van der Waals surface area contributed by atoms with E-state index in [0.29, 0.717) is 16.8 Å². The van der Waals surface area contributed by atoms with Crippen molar-refractivity contribution >= 4 is 27.5 Å². The van der Waals surface area contributed by atoms with E-state index in [0.717, 1.165) is 10.0 Å². The van der Waals surface area contributed by atoms with Crippen LogP contribution in [0.4, 0.5) is 10.1 Å². The van der Waals surface area contributed by atoms with Gasteiger partial charge in [0.25, 0.3) is 5.91 Å². The number of nitrogens with one attached hydrogen (secondary N) is 1. The molecule has 0 atom stereocenters. The summed E-state index contributed by atoms with van der Waals surface area (Å²) < 4.78 is 14.3. The monoisotopic (exact) mass is 336 g/mol. The predicted octanol–water partition coefficient (Wildman–Crippen LogP) is 3.41. The highest BCUT2D eigenvalue weighted by Crippen LogP contribution is 2.17. The highest BCUT2D eigenvalue weighted by molar-refractivity contribution is 9.10. The quantitative estimate of drug-likeness (QED) is 0.844. The van der Waals surface area contributed by atoms with Gasteiger partial charge in [0.05, 0.1) is 0 Å². The van der Waals surface area contributed by atoms with Crippen molar-refractivity contribution < 1.29 is 9.18 Å². The number of anilines is 1. The number of nitrogens with two attached hydrogens (primary N) is 1. The van der Waals surface area contributed by atoms with E-state index in [1.807, 2.05) is 0 Å². The Balaban J connectivity index is 2.13. The average Bonchev–Trinajstić information content (AvgIpc) is 2.42. The van der Waals surface area contributed by atoms with Crippen molar-refractivity contribution in [1.82, 2.24) is 5.32 Å². The van der Waals surface area contributed by atoms with Crippen molar-refractivity contribution in [3.05, 3.63) is 63.4 Å². The largest absolute Gasteiger partial charge is 0.398 e. The summed E-state index contributed by atoms with van der Waals surface area (Å²) in [6, 6.07) is 9.76. The first-order valence-corrected chi connectivity index (χ1v) is 6.85. The van der Waals surface area contributed by atoms with E-state index in [2.05, 4.69) is 21.2 Å². The zero-order valence-electron chi connectivity index (χ0n) is 10.9. The Bertz CT molecular complexity index is 658. The predicted molar refractivity (Wildman–Crippen MR) is 80.9 cm³/mol. The molecular formula is C15H14BrFN2O. The van der Waals surface area contributed by atoms with Crippen molar-refractivity contribution in [1.29, 1.82) is 0 Å². The Kier molecular flexibility index (Phi) is 4.39. The van der Waals surface area contributed by atoms with Crippen LogP contribution in [0.25, 0.3) is 0 Å². The first-order chi connectivity index (χ1) is 9.49. The number of carbonyl (C=O) groups excluding carboxylic acids is 1. The second kappa shape index (κ2) is 6.05. The van der Waals surface area contributed by atoms with Gasteiger partial charge in [0.2, 0.25) is 0 Å². The summed E-state index contributed by atoms with van der Waals surface area (Å²) in [5.41, 5.74) is 7.97. The van der Waals surface area contributed by atoms with Gasteiger partial charge in [0.15, 0.2) is 0 Å². The number of carbonyl (C=O) groups is 1. The molecule has 0 radical (unpaired) electrons. The minimum absolute atomic E-state index is 0.123. The maximum Gasteiger partial charge on any atom is 0.251 e. The van der Waals surface area contributed by atoms with Gasteiger partial charge in [-0.1, -0.05) is 22.0 Å². The van der Waals surface area contributed by atoms with Crippen LogP contribution in [0.1, 0.15) is 21.5 Å². The zero-order chi connectivity index (χ0) is 14.7. The van der Waals surface area contributed by atoms with E-state index in [1.54, 1.807) is 37.3 Å². The molecule has 0 aliphatic heterocycles. The Labute approximate surface area is 125 Å². The molecule has 5 heteroatoms. The van der Waals surface area contributed by atoms with Crippen LogP contribution in [0.5, 0.6) is 0 Å². The maximum absolute atomic E-state index is 13.6. The lowest BCUT2D eigenvalue weighted by molar-refractivity contribution is 0.0950. The van der Waals surface area contributed by atoms with Crippen molar-refractivity contribution in [3.63, 3.8) is 0 Å². The third-order valence-electron chi connectivity index (χ3n) is 3.07. The number of hydrogen-bond acceptors (Lipinski definition) is 2. The van der Waals surface area contributed by atoms with Crippen LogP contribution in [0.3, 0.4) is 0 Å². The van der Waals surface area contributed by atoms with Gasteiger partial charge >= 0.3 is 0 Å². The first-order valence-electron chi connectivity index (χ1n) is 6.06. The number of amides is 1. The summed E-state index contributed by atoms with van der Waals surface area (Å²) in [5, 5.41) is 2.70. The summed E-state index contributed by atoms with van der Waals surface area (Å²) in [6.07, 6.45) is 0. The van der Waals surface area contributed by atoms with E-state index in [-0.39, 0.29) is 18.3 Å². The van der Waals surface area contributed by atoms with Gasteiger partial charge in [-0.2, -0.15) is 0 Å². The molecule has 2 rings (SSSR count). The molecule has 1 amide bonds. The molecule has 0 saturated carbocycles. The minimum Gasteiger partial charge on any atom is -0.398 e. The Morgan fingerprint density at radius 1 is 1.35 bits per heavy atom. The third-order valence-corrected chi connectivity index (χ3v) is 3.56. The normalized spacial score (nSPS) is 10.3. The average molecular weight is 337 g/mol. The van der Waals surface area contributed by atoms with Crippen molar-refractivity contribution in [3.8, 4) is 0 Å². The fourth-order valence-corrected chi connectivity index (χ4v) is 2.26. The second-order valence-electron chi connectivity index (χ2n) is 4.44. The molecule has 0 aromatic heterocycles. The molecule has 20 heavy (non-hydrogen) atoms. The number of halogens is 2. The van der Waals surface area contributed by atoms with Crippen molar-refractivity contribution in [2.24, 2.45) is 0 Å². The molecule has 0 aliphatic rings. The van der Waals surface area contributed by atoms with Gasteiger partial charge in [-0.05, 0) is 42.8 Å². The van der Waals surface area contributed by atoms with Crippen LogP contribution in [0.2, 0.25) is 0 Å². The maximum atomic E-state index is 13.6. The van der Waals surface area contributed by atoms with Crippen LogP contribution >= 0.6 is 15.9 Å². The smallest absolute Gasteiger partial charge is 0.251 e. The van der Waals surface area contributed by atoms with Crippen LogP contribution in [-0.4, -0.2) is 5.91 Å². The lowest BCUT2D eigenvalue weighted by Crippen LogP contribution is -2.24. The number of hydrogen-bond donors (Lipinski definition) is 2. The van der Waals surface area contributed by atoms with Crippen LogP contribution in [-0.2, 0) is 6.54 Å². The molecule has 0 spiro atoms. The molecule has 0 heterocycles. The van der Waals surface area contributed by atoms with E-state index >= 15 is 0 Å². The lowest BCUT2D eigenvalue weighted by Gasteiger charge is -2.10. The van der Waals surface area contributed by atoms with E-state index in [4.69, 9.17) is 5.73 Å². The zero-order valence-corrected chi connectivity index (χ0v) is 12.5. The summed E-state index contributed by atoms with van der Waals surface area (Å²) in [6.45, 7) is 1.91. The lowest BCUT2D eigenvalue weighted by atomic mass is 10.1. The van der Waals surface area contributed by atoms with Gasteiger partial charge in [-0.25, -0.2) is 4.39 Å². The highest BCUT2D eigenvalue weighted by Gasteiger charge is 2.11. The Morgan fingerprint density at radius 3 is 2.85 bits per heavy atom. The van der Waals surface area contributed by atoms with Gasteiger partial charge in [0.1, 0.15) is 5.82 Å². The van der Waals surface area contributed by atoms with Gasteiger partial charge in [-0.15, -0.1) is 0 Å². The van der Waals surface area contributed by atoms with E-state index < -0.39 is 0 Å². The molecule has 2 aromatic carbocycles. The first kappa shape index (κ1) is 14.5. The van der Waals surface area contributed by atoms with Crippen LogP contribution in [0.15, 0.2) is 40.9 Å². The molecule has 3 nitrogen and oxygen atoms in total. The molecule has 0 unspecified atom stereocenters. The highest BCUT2D eigenvalue weighted by atomic mass is 79.9. The molecule has 3 N–H and O–H groups in total. The number of nitrogen functional groups attached to an aromatic ring is 1. The molecule has 0 fully saturated rings. The fourth-order valence-electron chi connectivity index (χ4n) is 1.85. The summed E-state index contributed by atoms with van der Waals surface area (Å²) in [5.74, 6) is -0.619. The molecule has 104 valence electrons. The summed E-state index contributed by atoms with van der Waals surface area (Å²) in [7, 11) is 0. The number of rotatable bonds is 3. The summed E-state index contributed by atoms with van der Waals surface area (Å²) >= 11 is 3.27. The van der Waals surface area contributed by atoms with E-state index in [9.17, 15) is 9.18 Å². The molecule has 0 bridgehead atoms.